The lowest BCUT2D eigenvalue weighted by Crippen LogP contribution is -2.06. The van der Waals surface area contributed by atoms with Crippen LogP contribution < -0.4 is 10.1 Å². The van der Waals surface area contributed by atoms with Crippen LogP contribution in [0.5, 0.6) is 5.75 Å². The van der Waals surface area contributed by atoms with E-state index in [4.69, 9.17) is 14.2 Å². The number of rotatable bonds is 4. The van der Waals surface area contributed by atoms with Gasteiger partial charge in [-0.25, -0.2) is 4.79 Å². The molecule has 5 nitrogen and oxygen atoms in total. The molecule has 1 aromatic heterocycles. The monoisotopic (exact) mass is 305 g/mol. The Kier molecular flexibility index (Phi) is 4.20. The van der Waals surface area contributed by atoms with E-state index in [0.717, 1.165) is 0 Å². The van der Waals surface area contributed by atoms with Crippen molar-refractivity contribution in [2.24, 2.45) is 0 Å². The SMILES string of the molecule is CCP(=O)(CC)Oc1ccc2c(C)c(C#N)c(=O)oc2c1. The van der Waals surface area contributed by atoms with Crippen LogP contribution in [-0.4, -0.2) is 12.3 Å². The number of fused-ring (bicyclic) bond motifs is 1. The molecule has 0 unspecified atom stereocenters. The largest absolute Gasteiger partial charge is 0.443 e. The molecule has 1 aromatic carbocycles. The summed E-state index contributed by atoms with van der Waals surface area (Å²) in [6.07, 6.45) is 0.885. The van der Waals surface area contributed by atoms with Gasteiger partial charge in [0.15, 0.2) is 0 Å². The van der Waals surface area contributed by atoms with Crippen molar-refractivity contribution < 1.29 is 13.5 Å². The molecule has 0 amide bonds. The molecule has 0 aliphatic rings. The lowest BCUT2D eigenvalue weighted by atomic mass is 10.1. The number of nitriles is 1. The van der Waals surface area contributed by atoms with Gasteiger partial charge in [-0.2, -0.15) is 5.26 Å². The van der Waals surface area contributed by atoms with Gasteiger partial charge in [0, 0.05) is 23.8 Å². The smallest absolute Gasteiger partial charge is 0.354 e. The van der Waals surface area contributed by atoms with Crippen molar-refractivity contribution in [1.82, 2.24) is 0 Å². The van der Waals surface area contributed by atoms with Crippen LogP contribution >= 0.6 is 7.37 Å². The highest BCUT2D eigenvalue weighted by molar-refractivity contribution is 7.59. The minimum Gasteiger partial charge on any atom is -0.443 e. The Balaban J connectivity index is 2.56. The van der Waals surface area contributed by atoms with E-state index >= 15 is 0 Å². The van der Waals surface area contributed by atoms with Gasteiger partial charge < -0.3 is 8.94 Å². The second kappa shape index (κ2) is 5.75. The third kappa shape index (κ3) is 2.86. The van der Waals surface area contributed by atoms with Gasteiger partial charge in [0.1, 0.15) is 23.0 Å². The Labute approximate surface area is 122 Å². The van der Waals surface area contributed by atoms with E-state index in [2.05, 4.69) is 0 Å². The van der Waals surface area contributed by atoms with Gasteiger partial charge in [-0.1, -0.05) is 13.8 Å². The van der Waals surface area contributed by atoms with E-state index in [9.17, 15) is 9.36 Å². The first-order chi connectivity index (χ1) is 9.94. The lowest BCUT2D eigenvalue weighted by Gasteiger charge is -2.16. The van der Waals surface area contributed by atoms with Crippen molar-refractivity contribution >= 4 is 18.3 Å². The first kappa shape index (κ1) is 15.3. The topological polar surface area (TPSA) is 80.3 Å². The van der Waals surface area contributed by atoms with E-state index in [-0.39, 0.29) is 5.56 Å². The normalized spacial score (nSPS) is 11.3. The molecule has 0 N–H and O–H groups in total. The quantitative estimate of drug-likeness (QED) is 0.636. The minimum absolute atomic E-state index is 0.00366. The Morgan fingerprint density at radius 1 is 1.33 bits per heavy atom. The molecule has 0 saturated carbocycles. The molecule has 2 rings (SSSR count). The van der Waals surface area contributed by atoms with E-state index in [0.29, 0.717) is 34.6 Å². The summed E-state index contributed by atoms with van der Waals surface area (Å²) in [5.74, 6) is 0.404. The molecule has 2 aromatic rings. The van der Waals surface area contributed by atoms with Gasteiger partial charge in [-0.3, -0.25) is 4.57 Å². The zero-order valence-corrected chi connectivity index (χ0v) is 13.1. The molecule has 0 saturated heterocycles. The summed E-state index contributed by atoms with van der Waals surface area (Å²) in [4.78, 5) is 11.7. The van der Waals surface area contributed by atoms with Crippen LogP contribution in [0.1, 0.15) is 25.0 Å². The fraction of sp³-hybridized carbons (Fsp3) is 0.333. The van der Waals surface area contributed by atoms with Crippen LogP contribution in [0.25, 0.3) is 11.0 Å². The third-order valence-corrected chi connectivity index (χ3v) is 5.96. The first-order valence-corrected chi connectivity index (χ1v) is 8.69. The van der Waals surface area contributed by atoms with Gasteiger partial charge in [0.25, 0.3) is 0 Å². The van der Waals surface area contributed by atoms with Gasteiger partial charge in [-0.15, -0.1) is 0 Å². The molecule has 0 atom stereocenters. The number of aryl methyl sites for hydroxylation is 1. The third-order valence-electron chi connectivity index (χ3n) is 3.49. The maximum absolute atomic E-state index is 12.3. The van der Waals surface area contributed by atoms with E-state index in [1.165, 1.54) is 0 Å². The highest BCUT2D eigenvalue weighted by atomic mass is 31.2. The van der Waals surface area contributed by atoms with Crippen molar-refractivity contribution in [3.8, 4) is 11.8 Å². The number of benzene rings is 1. The molecule has 21 heavy (non-hydrogen) atoms. The molecular weight excluding hydrogens is 289 g/mol. The summed E-state index contributed by atoms with van der Waals surface area (Å²) in [5, 5.41) is 9.63. The fourth-order valence-corrected chi connectivity index (χ4v) is 3.27. The fourth-order valence-electron chi connectivity index (χ4n) is 2.07. The Bertz CT molecular complexity index is 824. The van der Waals surface area contributed by atoms with Gasteiger partial charge >= 0.3 is 5.63 Å². The zero-order valence-electron chi connectivity index (χ0n) is 12.2. The second-order valence-corrected chi connectivity index (χ2v) is 7.77. The van der Waals surface area contributed by atoms with Crippen molar-refractivity contribution in [3.05, 3.63) is 39.7 Å². The highest BCUT2D eigenvalue weighted by Gasteiger charge is 2.20. The summed E-state index contributed by atoms with van der Waals surface area (Å²) in [7, 11) is -2.69. The van der Waals surface area contributed by atoms with Crippen LogP contribution in [0.2, 0.25) is 0 Å². The molecule has 6 heteroatoms. The predicted octanol–water partition coefficient (Wildman–Crippen LogP) is 3.67. The Morgan fingerprint density at radius 2 is 2.00 bits per heavy atom. The molecule has 1 heterocycles. The van der Waals surface area contributed by atoms with Crippen molar-refractivity contribution in [2.45, 2.75) is 20.8 Å². The summed E-state index contributed by atoms with van der Waals surface area (Å²) in [6, 6.07) is 6.77. The summed E-state index contributed by atoms with van der Waals surface area (Å²) < 4.78 is 23.0. The maximum Gasteiger partial charge on any atom is 0.354 e. The average molecular weight is 305 g/mol. The second-order valence-electron chi connectivity index (χ2n) is 4.70. The first-order valence-electron chi connectivity index (χ1n) is 6.69. The van der Waals surface area contributed by atoms with E-state index in [1.54, 1.807) is 25.1 Å². The average Bonchev–Trinajstić information content (AvgIpc) is 2.47. The van der Waals surface area contributed by atoms with Crippen LogP contribution in [-0.2, 0) is 4.57 Å². The highest BCUT2D eigenvalue weighted by Crippen LogP contribution is 2.46. The molecule has 110 valence electrons. The number of nitrogens with zero attached hydrogens (tertiary/aromatic N) is 1. The van der Waals surface area contributed by atoms with Crippen LogP contribution in [0.15, 0.2) is 27.4 Å². The molecule has 0 aliphatic heterocycles. The molecule has 0 spiro atoms. The predicted molar refractivity (Wildman–Crippen MR) is 81.3 cm³/mol. The van der Waals surface area contributed by atoms with Crippen LogP contribution in [0.3, 0.4) is 0 Å². The molecule has 0 bridgehead atoms. The van der Waals surface area contributed by atoms with Crippen molar-refractivity contribution in [2.75, 3.05) is 12.3 Å². The number of hydrogen-bond donors (Lipinski definition) is 0. The van der Waals surface area contributed by atoms with E-state index < -0.39 is 13.0 Å². The standard InChI is InChI=1S/C15H16NO4P/c1-4-21(18,5-2)20-11-6-7-12-10(3)13(9-16)15(17)19-14(12)8-11/h6-8H,4-5H2,1-3H3. The Hall–Kier alpha value is -2.05. The van der Waals surface area contributed by atoms with Gasteiger partial charge in [0.05, 0.1) is 0 Å². The summed E-state index contributed by atoms with van der Waals surface area (Å²) in [5.41, 5.74) is 0.231. The van der Waals surface area contributed by atoms with Gasteiger partial charge in [-0.05, 0) is 24.6 Å². The van der Waals surface area contributed by atoms with Crippen LogP contribution in [0, 0.1) is 18.3 Å². The molecule has 0 fully saturated rings. The number of hydrogen-bond acceptors (Lipinski definition) is 5. The van der Waals surface area contributed by atoms with Gasteiger partial charge in [0.2, 0.25) is 7.37 Å². The van der Waals surface area contributed by atoms with E-state index in [1.807, 2.05) is 19.9 Å². The maximum atomic E-state index is 12.3. The molecular formula is C15H16NO4P. The van der Waals surface area contributed by atoms with Crippen molar-refractivity contribution in [1.29, 1.82) is 5.26 Å². The molecule has 0 radical (unpaired) electrons. The summed E-state index contributed by atoms with van der Waals surface area (Å²) >= 11 is 0. The van der Waals surface area contributed by atoms with Crippen molar-refractivity contribution in [3.63, 3.8) is 0 Å². The minimum atomic E-state index is -2.69. The molecule has 0 aliphatic carbocycles. The summed E-state index contributed by atoms with van der Waals surface area (Å²) in [6.45, 7) is 5.32. The zero-order chi connectivity index (χ0) is 15.6. The lowest BCUT2D eigenvalue weighted by molar-refractivity contribution is 0.483. The Morgan fingerprint density at radius 3 is 2.57 bits per heavy atom. The van der Waals surface area contributed by atoms with Crippen LogP contribution in [0.4, 0.5) is 0 Å².